The number of rotatable bonds is 5. The van der Waals surface area contributed by atoms with Crippen molar-refractivity contribution in [3.63, 3.8) is 0 Å². The molecular formula is C15H18N2O3. The number of hydrogen-bond donors (Lipinski definition) is 2. The van der Waals surface area contributed by atoms with Crippen LogP contribution < -0.4 is 5.32 Å². The van der Waals surface area contributed by atoms with Crippen molar-refractivity contribution < 1.29 is 14.4 Å². The molecule has 0 aliphatic carbocycles. The van der Waals surface area contributed by atoms with Crippen LogP contribution in [-0.4, -0.2) is 28.8 Å². The Labute approximate surface area is 117 Å². The van der Waals surface area contributed by atoms with Crippen molar-refractivity contribution in [2.75, 3.05) is 6.61 Å². The second-order valence-electron chi connectivity index (χ2n) is 4.95. The minimum Gasteiger partial charge on any atom is -0.394 e. The zero-order valence-corrected chi connectivity index (χ0v) is 11.5. The summed E-state index contributed by atoms with van der Waals surface area (Å²) in [5.74, 6) is 0.342. The summed E-state index contributed by atoms with van der Waals surface area (Å²) in [5.41, 5.74) is 1.07. The first-order valence-electron chi connectivity index (χ1n) is 6.55. The zero-order valence-electron chi connectivity index (χ0n) is 11.5. The lowest BCUT2D eigenvalue weighted by Gasteiger charge is -2.18. The van der Waals surface area contributed by atoms with Crippen molar-refractivity contribution in [2.24, 2.45) is 5.92 Å². The summed E-state index contributed by atoms with van der Waals surface area (Å²) in [6, 6.07) is 10.7. The number of nitrogens with zero attached hydrogens (tertiary/aromatic N) is 1. The van der Waals surface area contributed by atoms with E-state index in [-0.39, 0.29) is 30.2 Å². The Morgan fingerprint density at radius 3 is 2.65 bits per heavy atom. The van der Waals surface area contributed by atoms with Gasteiger partial charge in [0.05, 0.1) is 12.6 Å². The quantitative estimate of drug-likeness (QED) is 0.875. The molecule has 0 unspecified atom stereocenters. The maximum Gasteiger partial charge on any atom is 0.273 e. The van der Waals surface area contributed by atoms with Gasteiger partial charge in [-0.25, -0.2) is 0 Å². The van der Waals surface area contributed by atoms with Crippen molar-refractivity contribution in [3.05, 3.63) is 42.1 Å². The third-order valence-electron chi connectivity index (χ3n) is 3.12. The number of aliphatic hydroxyl groups excluding tert-OH is 1. The van der Waals surface area contributed by atoms with Gasteiger partial charge in [-0.05, 0) is 5.92 Å². The van der Waals surface area contributed by atoms with E-state index in [1.165, 1.54) is 0 Å². The number of aliphatic hydroxyl groups is 1. The molecule has 0 saturated carbocycles. The van der Waals surface area contributed by atoms with Crippen molar-refractivity contribution in [1.82, 2.24) is 10.5 Å². The summed E-state index contributed by atoms with van der Waals surface area (Å²) in [5, 5.41) is 15.7. The van der Waals surface area contributed by atoms with Gasteiger partial charge in [0.1, 0.15) is 0 Å². The van der Waals surface area contributed by atoms with Crippen LogP contribution in [0, 0.1) is 5.92 Å². The second kappa shape index (κ2) is 6.34. The van der Waals surface area contributed by atoms with Gasteiger partial charge in [-0.1, -0.05) is 49.3 Å². The number of benzene rings is 1. The summed E-state index contributed by atoms with van der Waals surface area (Å²) in [6.07, 6.45) is 0. The Kier molecular flexibility index (Phi) is 4.53. The highest BCUT2D eigenvalue weighted by atomic mass is 16.5. The average molecular weight is 274 g/mol. The van der Waals surface area contributed by atoms with Crippen LogP contribution in [0.2, 0.25) is 0 Å². The number of nitrogens with one attached hydrogen (secondary N) is 1. The van der Waals surface area contributed by atoms with Crippen molar-refractivity contribution in [2.45, 2.75) is 19.9 Å². The first-order valence-corrected chi connectivity index (χ1v) is 6.55. The van der Waals surface area contributed by atoms with Crippen molar-refractivity contribution in [1.29, 1.82) is 0 Å². The summed E-state index contributed by atoms with van der Waals surface area (Å²) in [4.78, 5) is 12.0. The largest absolute Gasteiger partial charge is 0.394 e. The Morgan fingerprint density at radius 2 is 2.05 bits per heavy atom. The Hall–Kier alpha value is -2.14. The average Bonchev–Trinajstić information content (AvgIpc) is 2.95. The van der Waals surface area contributed by atoms with E-state index in [4.69, 9.17) is 4.52 Å². The topological polar surface area (TPSA) is 75.4 Å². The lowest BCUT2D eigenvalue weighted by atomic mass is 10.1. The molecular weight excluding hydrogens is 256 g/mol. The van der Waals surface area contributed by atoms with E-state index < -0.39 is 0 Å². The molecule has 1 heterocycles. The monoisotopic (exact) mass is 274 g/mol. The fourth-order valence-electron chi connectivity index (χ4n) is 1.79. The minimum atomic E-state index is -0.344. The molecule has 2 N–H and O–H groups in total. The third kappa shape index (κ3) is 3.24. The highest BCUT2D eigenvalue weighted by Gasteiger charge is 2.19. The molecule has 0 fully saturated rings. The Morgan fingerprint density at radius 1 is 1.35 bits per heavy atom. The Balaban J connectivity index is 2.11. The van der Waals surface area contributed by atoms with Gasteiger partial charge in [-0.3, -0.25) is 4.79 Å². The number of carbonyl (C=O) groups is 1. The molecule has 0 bridgehead atoms. The van der Waals surface area contributed by atoms with Gasteiger partial charge in [0.15, 0.2) is 11.5 Å². The summed E-state index contributed by atoms with van der Waals surface area (Å²) >= 11 is 0. The standard InChI is InChI=1S/C15H18N2O3/c1-10(2)13(9-18)16-15(19)12-8-14(20-17-12)11-6-4-3-5-7-11/h3-8,10,13,18H,9H2,1-2H3,(H,16,19)/t13-/m1/s1. The van der Waals surface area contributed by atoms with Gasteiger partial charge in [0, 0.05) is 11.6 Å². The molecule has 1 amide bonds. The SMILES string of the molecule is CC(C)[C@@H](CO)NC(=O)c1cc(-c2ccccc2)on1. The third-order valence-corrected chi connectivity index (χ3v) is 3.12. The van der Waals surface area contributed by atoms with Crippen LogP contribution in [0.4, 0.5) is 0 Å². The molecule has 2 rings (SSSR count). The minimum absolute atomic E-state index is 0.104. The fraction of sp³-hybridized carbons (Fsp3) is 0.333. The number of carbonyl (C=O) groups excluding carboxylic acids is 1. The summed E-state index contributed by atoms with van der Waals surface area (Å²) < 4.78 is 5.17. The molecule has 1 aromatic heterocycles. The van der Waals surface area contributed by atoms with E-state index in [9.17, 15) is 9.90 Å². The summed E-state index contributed by atoms with van der Waals surface area (Å²) in [7, 11) is 0. The van der Waals surface area contributed by atoms with Crippen LogP contribution in [0.1, 0.15) is 24.3 Å². The molecule has 0 aliphatic heterocycles. The van der Waals surface area contributed by atoms with E-state index in [0.717, 1.165) is 5.56 Å². The van der Waals surface area contributed by atoms with Crippen molar-refractivity contribution >= 4 is 5.91 Å². The van der Waals surface area contributed by atoms with Crippen LogP contribution in [0.5, 0.6) is 0 Å². The highest BCUT2D eigenvalue weighted by Crippen LogP contribution is 2.19. The van der Waals surface area contributed by atoms with Gasteiger partial charge in [0.2, 0.25) is 0 Å². The maximum atomic E-state index is 12.0. The second-order valence-corrected chi connectivity index (χ2v) is 4.95. The van der Waals surface area contributed by atoms with Crippen LogP contribution in [0.3, 0.4) is 0 Å². The molecule has 0 spiro atoms. The highest BCUT2D eigenvalue weighted by molar-refractivity contribution is 5.93. The molecule has 0 aliphatic rings. The molecule has 106 valence electrons. The number of hydrogen-bond acceptors (Lipinski definition) is 4. The van der Waals surface area contributed by atoms with Crippen molar-refractivity contribution in [3.8, 4) is 11.3 Å². The number of aromatic nitrogens is 1. The smallest absolute Gasteiger partial charge is 0.273 e. The first kappa shape index (κ1) is 14.3. The van der Waals surface area contributed by atoms with E-state index in [2.05, 4.69) is 10.5 Å². The lowest BCUT2D eigenvalue weighted by Crippen LogP contribution is -2.41. The maximum absolute atomic E-state index is 12.0. The Bertz CT molecular complexity index is 564. The predicted octanol–water partition coefficient (Wildman–Crippen LogP) is 2.09. The molecule has 1 atom stereocenters. The van der Waals surface area contributed by atoms with Gasteiger partial charge < -0.3 is 14.9 Å². The van der Waals surface area contributed by atoms with E-state index in [0.29, 0.717) is 5.76 Å². The molecule has 5 heteroatoms. The van der Waals surface area contributed by atoms with Crippen LogP contribution in [0.25, 0.3) is 11.3 Å². The molecule has 0 saturated heterocycles. The van der Waals surface area contributed by atoms with E-state index in [1.807, 2.05) is 44.2 Å². The molecule has 0 radical (unpaired) electrons. The first-order chi connectivity index (χ1) is 9.61. The lowest BCUT2D eigenvalue weighted by molar-refractivity contribution is 0.0888. The molecule has 5 nitrogen and oxygen atoms in total. The van der Waals surface area contributed by atoms with Gasteiger partial charge in [-0.2, -0.15) is 0 Å². The zero-order chi connectivity index (χ0) is 14.5. The van der Waals surface area contributed by atoms with Gasteiger partial charge in [-0.15, -0.1) is 0 Å². The van der Waals surface area contributed by atoms with Crippen LogP contribution >= 0.6 is 0 Å². The molecule has 20 heavy (non-hydrogen) atoms. The predicted molar refractivity (Wildman–Crippen MR) is 75.1 cm³/mol. The van der Waals surface area contributed by atoms with Gasteiger partial charge in [0.25, 0.3) is 5.91 Å². The van der Waals surface area contributed by atoms with Crippen LogP contribution in [0.15, 0.2) is 40.9 Å². The molecule has 1 aromatic carbocycles. The molecule has 2 aromatic rings. The summed E-state index contributed by atoms with van der Waals surface area (Å²) in [6.45, 7) is 3.76. The number of amides is 1. The van der Waals surface area contributed by atoms with E-state index in [1.54, 1.807) is 6.07 Å². The fourth-order valence-corrected chi connectivity index (χ4v) is 1.79. The van der Waals surface area contributed by atoms with Crippen LogP contribution in [-0.2, 0) is 0 Å². The van der Waals surface area contributed by atoms with E-state index >= 15 is 0 Å². The normalized spacial score (nSPS) is 12.4. The van der Waals surface area contributed by atoms with Gasteiger partial charge >= 0.3 is 0 Å².